The number of thioether (sulfide) groups is 1. The predicted octanol–water partition coefficient (Wildman–Crippen LogP) is 2.08. The molecule has 1 aromatic rings. The number of halogens is 3. The van der Waals surface area contributed by atoms with Gasteiger partial charge >= 0.3 is 12.1 Å². The van der Waals surface area contributed by atoms with Crippen molar-refractivity contribution in [3.05, 3.63) is 22.1 Å². The van der Waals surface area contributed by atoms with E-state index in [9.17, 15) is 22.8 Å². The number of carbonyl (C=O) groups is 1. The molecule has 0 spiro atoms. The molecule has 0 aliphatic carbocycles. The van der Waals surface area contributed by atoms with Gasteiger partial charge in [0.05, 0.1) is 0 Å². The standard InChI is InChI=1S/C11H13F3N2O3S/c1-2-3-6-4-8(17)16-10(15-6)20-5-7(9(18)19)11(12,13)14/h4,7H,2-3,5H2,1H3,(H,18,19)(H,15,16,17). The van der Waals surface area contributed by atoms with Gasteiger partial charge < -0.3 is 10.1 Å². The number of carboxylic acids is 1. The van der Waals surface area contributed by atoms with Crippen LogP contribution >= 0.6 is 11.8 Å². The molecule has 1 heterocycles. The lowest BCUT2D eigenvalue weighted by Gasteiger charge is -2.15. The lowest BCUT2D eigenvalue weighted by molar-refractivity contribution is -0.188. The number of nitrogens with one attached hydrogen (secondary N) is 1. The number of carboxylic acid groups (broad SMARTS) is 1. The average Bonchev–Trinajstić information content (AvgIpc) is 2.26. The van der Waals surface area contributed by atoms with E-state index in [0.29, 0.717) is 23.9 Å². The van der Waals surface area contributed by atoms with Gasteiger partial charge in [0.1, 0.15) is 0 Å². The molecule has 0 fully saturated rings. The van der Waals surface area contributed by atoms with Gasteiger partial charge in [-0.25, -0.2) is 4.98 Å². The van der Waals surface area contributed by atoms with E-state index in [1.165, 1.54) is 6.07 Å². The third kappa shape index (κ3) is 4.87. The zero-order valence-electron chi connectivity index (χ0n) is 10.5. The summed E-state index contributed by atoms with van der Waals surface area (Å²) in [4.78, 5) is 28.2. The molecule has 0 bridgehead atoms. The number of aromatic amines is 1. The predicted molar refractivity (Wildman–Crippen MR) is 66.8 cm³/mol. The quantitative estimate of drug-likeness (QED) is 0.621. The van der Waals surface area contributed by atoms with Gasteiger partial charge in [0.15, 0.2) is 11.1 Å². The van der Waals surface area contributed by atoms with Gasteiger partial charge in [-0.1, -0.05) is 25.1 Å². The van der Waals surface area contributed by atoms with E-state index in [1.807, 2.05) is 6.92 Å². The third-order valence-electron chi connectivity index (χ3n) is 2.36. The summed E-state index contributed by atoms with van der Waals surface area (Å²) >= 11 is 0.570. The van der Waals surface area contributed by atoms with Crippen LogP contribution in [0.2, 0.25) is 0 Å². The molecule has 0 amide bonds. The van der Waals surface area contributed by atoms with Crippen LogP contribution in [-0.2, 0) is 11.2 Å². The van der Waals surface area contributed by atoms with Gasteiger partial charge in [-0.05, 0) is 6.42 Å². The molecular formula is C11H13F3N2O3S. The van der Waals surface area contributed by atoms with Crippen LogP contribution < -0.4 is 5.56 Å². The first kappa shape index (κ1) is 16.5. The summed E-state index contributed by atoms with van der Waals surface area (Å²) in [6.45, 7) is 1.87. The highest BCUT2D eigenvalue weighted by molar-refractivity contribution is 7.99. The third-order valence-corrected chi connectivity index (χ3v) is 3.33. The van der Waals surface area contributed by atoms with Crippen molar-refractivity contribution in [2.24, 2.45) is 5.92 Å². The maximum absolute atomic E-state index is 12.5. The van der Waals surface area contributed by atoms with Crippen molar-refractivity contribution in [2.75, 3.05) is 5.75 Å². The molecule has 5 nitrogen and oxygen atoms in total. The van der Waals surface area contributed by atoms with E-state index < -0.39 is 29.4 Å². The Kier molecular flexibility index (Phi) is 5.61. The number of hydrogen-bond donors (Lipinski definition) is 2. The highest BCUT2D eigenvalue weighted by atomic mass is 32.2. The molecular weight excluding hydrogens is 297 g/mol. The van der Waals surface area contributed by atoms with Crippen LogP contribution in [-0.4, -0.2) is 33.0 Å². The van der Waals surface area contributed by atoms with Crippen molar-refractivity contribution in [1.82, 2.24) is 9.97 Å². The Morgan fingerprint density at radius 2 is 2.20 bits per heavy atom. The minimum absolute atomic E-state index is 0.00329. The van der Waals surface area contributed by atoms with Gasteiger partial charge in [0.2, 0.25) is 0 Å². The van der Waals surface area contributed by atoms with Crippen LogP contribution in [0.15, 0.2) is 16.0 Å². The van der Waals surface area contributed by atoms with Crippen LogP contribution in [0.1, 0.15) is 19.0 Å². The zero-order chi connectivity index (χ0) is 15.3. The Hall–Kier alpha value is -1.51. The summed E-state index contributed by atoms with van der Waals surface area (Å²) in [5, 5.41) is 8.55. The number of aliphatic carboxylic acids is 1. The summed E-state index contributed by atoms with van der Waals surface area (Å²) in [6, 6.07) is 1.27. The molecule has 20 heavy (non-hydrogen) atoms. The SMILES string of the molecule is CCCc1cc(=O)[nH]c(SCC(C(=O)O)C(F)(F)F)n1. The molecule has 0 saturated carbocycles. The van der Waals surface area contributed by atoms with Crippen LogP contribution in [0.3, 0.4) is 0 Å². The largest absolute Gasteiger partial charge is 0.481 e. The van der Waals surface area contributed by atoms with Gasteiger partial charge in [0, 0.05) is 17.5 Å². The first-order chi connectivity index (χ1) is 9.24. The summed E-state index contributed by atoms with van der Waals surface area (Å²) in [5.41, 5.74) is 0.00228. The second-order valence-corrected chi connectivity index (χ2v) is 5.04. The fraction of sp³-hybridized carbons (Fsp3) is 0.545. The van der Waals surface area contributed by atoms with Crippen molar-refractivity contribution in [2.45, 2.75) is 31.1 Å². The first-order valence-electron chi connectivity index (χ1n) is 5.76. The Bertz CT molecular complexity index is 530. The number of aromatic nitrogens is 2. The summed E-state index contributed by atoms with van der Waals surface area (Å²) in [5.74, 6) is -5.18. The Labute approximate surface area is 116 Å². The van der Waals surface area contributed by atoms with E-state index in [2.05, 4.69) is 9.97 Å². The fourth-order valence-electron chi connectivity index (χ4n) is 1.40. The number of alkyl halides is 3. The molecule has 1 atom stereocenters. The first-order valence-corrected chi connectivity index (χ1v) is 6.75. The van der Waals surface area contributed by atoms with E-state index in [1.54, 1.807) is 0 Å². The summed E-state index contributed by atoms with van der Waals surface area (Å²) < 4.78 is 37.4. The molecule has 2 N–H and O–H groups in total. The molecule has 9 heteroatoms. The van der Waals surface area contributed by atoms with Crippen LogP contribution in [0.4, 0.5) is 13.2 Å². The van der Waals surface area contributed by atoms with Crippen molar-refractivity contribution in [1.29, 1.82) is 0 Å². The van der Waals surface area contributed by atoms with E-state index in [0.717, 1.165) is 6.42 Å². The van der Waals surface area contributed by atoms with Gasteiger partial charge in [0.25, 0.3) is 5.56 Å². The average molecular weight is 310 g/mol. The van der Waals surface area contributed by atoms with E-state index in [4.69, 9.17) is 5.11 Å². The minimum atomic E-state index is -4.83. The topological polar surface area (TPSA) is 83.0 Å². The van der Waals surface area contributed by atoms with E-state index in [-0.39, 0.29) is 5.16 Å². The van der Waals surface area contributed by atoms with Gasteiger partial charge in [-0.15, -0.1) is 0 Å². The molecule has 0 aromatic carbocycles. The lowest BCUT2D eigenvalue weighted by atomic mass is 10.2. The maximum atomic E-state index is 12.5. The lowest BCUT2D eigenvalue weighted by Crippen LogP contribution is -2.32. The van der Waals surface area contributed by atoms with Crippen LogP contribution in [0.5, 0.6) is 0 Å². The maximum Gasteiger partial charge on any atom is 0.403 e. The zero-order valence-corrected chi connectivity index (χ0v) is 11.3. The van der Waals surface area contributed by atoms with Crippen molar-refractivity contribution < 1.29 is 23.1 Å². The van der Waals surface area contributed by atoms with Crippen molar-refractivity contribution in [3.8, 4) is 0 Å². The number of aryl methyl sites for hydroxylation is 1. The second-order valence-electron chi connectivity index (χ2n) is 4.04. The Morgan fingerprint density at radius 3 is 2.70 bits per heavy atom. The summed E-state index contributed by atoms with van der Waals surface area (Å²) in [6.07, 6.45) is -3.57. The normalized spacial score (nSPS) is 13.2. The highest BCUT2D eigenvalue weighted by Crippen LogP contribution is 2.30. The highest BCUT2D eigenvalue weighted by Gasteiger charge is 2.45. The summed E-state index contributed by atoms with van der Waals surface area (Å²) in [7, 11) is 0. The minimum Gasteiger partial charge on any atom is -0.481 e. The Balaban J connectivity index is 2.83. The van der Waals surface area contributed by atoms with Crippen molar-refractivity contribution in [3.63, 3.8) is 0 Å². The number of rotatable bonds is 6. The number of H-pyrrole nitrogens is 1. The smallest absolute Gasteiger partial charge is 0.403 e. The number of nitrogens with zero attached hydrogens (tertiary/aromatic N) is 1. The second kappa shape index (κ2) is 6.78. The Morgan fingerprint density at radius 1 is 1.55 bits per heavy atom. The molecule has 1 unspecified atom stereocenters. The molecule has 1 aromatic heterocycles. The molecule has 0 radical (unpaired) electrons. The molecule has 1 rings (SSSR count). The monoisotopic (exact) mass is 310 g/mol. The van der Waals surface area contributed by atoms with Gasteiger partial charge in [-0.2, -0.15) is 13.2 Å². The van der Waals surface area contributed by atoms with Crippen LogP contribution in [0.25, 0.3) is 0 Å². The van der Waals surface area contributed by atoms with Crippen LogP contribution in [0, 0.1) is 5.92 Å². The molecule has 0 aliphatic rings. The fourth-order valence-corrected chi connectivity index (χ4v) is 2.41. The molecule has 112 valence electrons. The molecule has 0 saturated heterocycles. The molecule has 0 aliphatic heterocycles. The van der Waals surface area contributed by atoms with E-state index >= 15 is 0 Å². The van der Waals surface area contributed by atoms with Gasteiger partial charge in [-0.3, -0.25) is 9.59 Å². The van der Waals surface area contributed by atoms with Crippen molar-refractivity contribution >= 4 is 17.7 Å². The number of hydrogen-bond acceptors (Lipinski definition) is 4.